The van der Waals surface area contributed by atoms with E-state index in [1.807, 2.05) is 6.07 Å². The monoisotopic (exact) mass is 213 g/mol. The van der Waals surface area contributed by atoms with Gasteiger partial charge in [0, 0.05) is 18.8 Å². The molecule has 3 nitrogen and oxygen atoms in total. The predicted molar refractivity (Wildman–Crippen MR) is 60.0 cm³/mol. The van der Waals surface area contributed by atoms with Crippen LogP contribution in [0.3, 0.4) is 0 Å². The van der Waals surface area contributed by atoms with Crippen LogP contribution in [0.15, 0.2) is 6.07 Å². The van der Waals surface area contributed by atoms with E-state index in [-0.39, 0.29) is 0 Å². The fraction of sp³-hybridized carbons (Fsp3) is 0.600. The van der Waals surface area contributed by atoms with E-state index in [2.05, 4.69) is 35.6 Å². The van der Waals surface area contributed by atoms with Crippen molar-refractivity contribution in [1.82, 2.24) is 9.97 Å². The Morgan fingerprint density at radius 2 is 1.86 bits per heavy atom. The molecule has 0 unspecified atom stereocenters. The molecule has 1 aromatic heterocycles. The highest BCUT2D eigenvalue weighted by Crippen LogP contribution is 2.14. The molecule has 0 N–H and O–H groups in total. The highest BCUT2D eigenvalue weighted by atomic mass is 35.5. The van der Waals surface area contributed by atoms with Crippen molar-refractivity contribution in [1.29, 1.82) is 0 Å². The van der Waals surface area contributed by atoms with Gasteiger partial charge >= 0.3 is 0 Å². The van der Waals surface area contributed by atoms with E-state index in [1.54, 1.807) is 0 Å². The van der Waals surface area contributed by atoms with Gasteiger partial charge in [-0.1, -0.05) is 18.5 Å². The van der Waals surface area contributed by atoms with E-state index in [1.165, 1.54) is 0 Å². The first-order valence-electron chi connectivity index (χ1n) is 4.99. The average molecular weight is 214 g/mol. The Labute approximate surface area is 90.1 Å². The number of rotatable bonds is 4. The maximum Gasteiger partial charge on any atom is 0.226 e. The van der Waals surface area contributed by atoms with Crippen LogP contribution in [0.4, 0.5) is 5.95 Å². The fourth-order valence-corrected chi connectivity index (χ4v) is 1.48. The first kappa shape index (κ1) is 11.2. The Morgan fingerprint density at radius 1 is 1.21 bits per heavy atom. The zero-order valence-corrected chi connectivity index (χ0v) is 9.67. The quantitative estimate of drug-likeness (QED) is 0.720. The van der Waals surface area contributed by atoms with Crippen molar-refractivity contribution in [3.8, 4) is 0 Å². The molecule has 0 aromatic carbocycles. The first-order chi connectivity index (χ1) is 6.71. The SMILES string of the molecule is CCc1cc(Cl)nc(N(CC)CC)n1. The molecule has 0 saturated heterocycles. The van der Waals surface area contributed by atoms with Crippen molar-refractivity contribution >= 4 is 17.5 Å². The van der Waals surface area contributed by atoms with Gasteiger partial charge in [-0.25, -0.2) is 9.97 Å². The number of halogens is 1. The van der Waals surface area contributed by atoms with Gasteiger partial charge in [-0.3, -0.25) is 0 Å². The summed E-state index contributed by atoms with van der Waals surface area (Å²) in [5, 5.41) is 0.527. The van der Waals surface area contributed by atoms with Gasteiger partial charge in [-0.05, 0) is 26.3 Å². The lowest BCUT2D eigenvalue weighted by Crippen LogP contribution is -2.24. The van der Waals surface area contributed by atoms with E-state index < -0.39 is 0 Å². The molecule has 14 heavy (non-hydrogen) atoms. The van der Waals surface area contributed by atoms with Gasteiger partial charge in [-0.15, -0.1) is 0 Å². The lowest BCUT2D eigenvalue weighted by Gasteiger charge is -2.18. The van der Waals surface area contributed by atoms with Crippen LogP contribution in [0.2, 0.25) is 5.15 Å². The summed E-state index contributed by atoms with van der Waals surface area (Å²) in [5.41, 5.74) is 0.993. The molecule has 0 aliphatic heterocycles. The minimum absolute atomic E-state index is 0.527. The van der Waals surface area contributed by atoms with E-state index in [9.17, 15) is 0 Å². The molecule has 0 aliphatic rings. The van der Waals surface area contributed by atoms with Crippen molar-refractivity contribution in [3.05, 3.63) is 16.9 Å². The van der Waals surface area contributed by atoms with Gasteiger partial charge in [-0.2, -0.15) is 0 Å². The zero-order valence-electron chi connectivity index (χ0n) is 8.92. The van der Waals surface area contributed by atoms with Crippen LogP contribution in [-0.4, -0.2) is 23.1 Å². The molecule has 4 heteroatoms. The summed E-state index contributed by atoms with van der Waals surface area (Å²) < 4.78 is 0. The molecule has 78 valence electrons. The first-order valence-corrected chi connectivity index (χ1v) is 5.37. The number of nitrogens with zero attached hydrogens (tertiary/aromatic N) is 3. The molecule has 1 aromatic rings. The molecule has 1 rings (SSSR count). The Hall–Kier alpha value is -0.830. The third-order valence-corrected chi connectivity index (χ3v) is 2.34. The minimum Gasteiger partial charge on any atom is -0.341 e. The summed E-state index contributed by atoms with van der Waals surface area (Å²) in [6.07, 6.45) is 0.885. The smallest absolute Gasteiger partial charge is 0.226 e. The number of aromatic nitrogens is 2. The Bertz CT molecular complexity index is 297. The van der Waals surface area contributed by atoms with Crippen LogP contribution in [0.5, 0.6) is 0 Å². The van der Waals surface area contributed by atoms with Crippen molar-refractivity contribution in [2.45, 2.75) is 27.2 Å². The zero-order chi connectivity index (χ0) is 10.6. The van der Waals surface area contributed by atoms with E-state index in [0.29, 0.717) is 5.15 Å². The van der Waals surface area contributed by atoms with Crippen LogP contribution in [0.25, 0.3) is 0 Å². The lowest BCUT2D eigenvalue weighted by atomic mass is 10.3. The third kappa shape index (κ3) is 2.58. The molecule has 0 radical (unpaired) electrons. The summed E-state index contributed by atoms with van der Waals surface area (Å²) in [6.45, 7) is 8.03. The van der Waals surface area contributed by atoms with Gasteiger partial charge < -0.3 is 4.90 Å². The number of anilines is 1. The number of aryl methyl sites for hydroxylation is 1. The second-order valence-corrected chi connectivity index (χ2v) is 3.40. The average Bonchev–Trinajstić information content (AvgIpc) is 2.19. The van der Waals surface area contributed by atoms with Crippen molar-refractivity contribution in [2.24, 2.45) is 0 Å². The fourth-order valence-electron chi connectivity index (χ4n) is 1.28. The second kappa shape index (κ2) is 5.15. The molecule has 0 atom stereocenters. The molecule has 1 heterocycles. The molecule has 0 bridgehead atoms. The third-order valence-electron chi connectivity index (χ3n) is 2.14. The van der Waals surface area contributed by atoms with Crippen LogP contribution in [-0.2, 0) is 6.42 Å². The van der Waals surface area contributed by atoms with E-state index >= 15 is 0 Å². The Balaban J connectivity index is 3.01. The van der Waals surface area contributed by atoms with Crippen LogP contribution in [0.1, 0.15) is 26.5 Å². The van der Waals surface area contributed by atoms with E-state index in [0.717, 1.165) is 31.2 Å². The predicted octanol–water partition coefficient (Wildman–Crippen LogP) is 2.54. The summed E-state index contributed by atoms with van der Waals surface area (Å²) in [5.74, 6) is 0.736. The molecule has 0 spiro atoms. The van der Waals surface area contributed by atoms with Crippen LogP contribution in [0, 0.1) is 0 Å². The standard InChI is InChI=1S/C10H16ClN3/c1-4-8-7-9(11)13-10(12-8)14(5-2)6-3/h7H,4-6H2,1-3H3. The summed E-state index contributed by atoms with van der Waals surface area (Å²) in [6, 6.07) is 1.81. The van der Waals surface area contributed by atoms with Crippen LogP contribution >= 0.6 is 11.6 Å². The number of hydrogen-bond acceptors (Lipinski definition) is 3. The summed E-state index contributed by atoms with van der Waals surface area (Å²) in [4.78, 5) is 10.7. The van der Waals surface area contributed by atoms with Gasteiger partial charge in [0.2, 0.25) is 5.95 Å². The second-order valence-electron chi connectivity index (χ2n) is 3.01. The number of hydrogen-bond donors (Lipinski definition) is 0. The van der Waals surface area contributed by atoms with Crippen molar-refractivity contribution in [2.75, 3.05) is 18.0 Å². The highest BCUT2D eigenvalue weighted by molar-refractivity contribution is 6.29. The van der Waals surface area contributed by atoms with Gasteiger partial charge in [0.05, 0.1) is 0 Å². The van der Waals surface area contributed by atoms with Crippen LogP contribution < -0.4 is 4.90 Å². The summed E-state index contributed by atoms with van der Waals surface area (Å²) >= 11 is 5.91. The Kier molecular flexibility index (Phi) is 4.14. The topological polar surface area (TPSA) is 29.0 Å². The van der Waals surface area contributed by atoms with Gasteiger partial charge in [0.15, 0.2) is 0 Å². The molecule has 0 amide bonds. The maximum atomic E-state index is 5.91. The van der Waals surface area contributed by atoms with E-state index in [4.69, 9.17) is 11.6 Å². The van der Waals surface area contributed by atoms with Gasteiger partial charge in [0.25, 0.3) is 0 Å². The molecular weight excluding hydrogens is 198 g/mol. The molecule has 0 aliphatic carbocycles. The molecule has 0 fully saturated rings. The highest BCUT2D eigenvalue weighted by Gasteiger charge is 2.07. The largest absolute Gasteiger partial charge is 0.341 e. The van der Waals surface area contributed by atoms with Crippen molar-refractivity contribution in [3.63, 3.8) is 0 Å². The normalized spacial score (nSPS) is 10.3. The lowest BCUT2D eigenvalue weighted by molar-refractivity contribution is 0.810. The Morgan fingerprint density at radius 3 is 2.36 bits per heavy atom. The van der Waals surface area contributed by atoms with Crippen molar-refractivity contribution < 1.29 is 0 Å². The maximum absolute atomic E-state index is 5.91. The molecular formula is C10H16ClN3. The van der Waals surface area contributed by atoms with Gasteiger partial charge in [0.1, 0.15) is 5.15 Å². The molecule has 0 saturated carbocycles. The summed E-state index contributed by atoms with van der Waals surface area (Å²) in [7, 11) is 0. The minimum atomic E-state index is 0.527.